The molecule has 1 aromatic rings. The number of carbonyl (C=O) groups excluding carboxylic acids is 1. The smallest absolute Gasteiger partial charge is 0.293 e. The largest absolute Gasteiger partial charge is 0.378 e. The van der Waals surface area contributed by atoms with Crippen molar-refractivity contribution < 1.29 is 18.1 Å². The van der Waals surface area contributed by atoms with Crippen molar-refractivity contribution in [1.29, 1.82) is 0 Å². The summed E-state index contributed by atoms with van der Waals surface area (Å²) in [4.78, 5) is 22.3. The van der Waals surface area contributed by atoms with Gasteiger partial charge in [-0.05, 0) is 31.4 Å². The van der Waals surface area contributed by atoms with Gasteiger partial charge in [0.15, 0.2) is 9.84 Å². The average molecular weight is 448 g/mol. The maximum Gasteiger partial charge on any atom is 0.293 e. The normalized spacial score (nSPS) is 16.7. The predicted octanol–water partition coefficient (Wildman–Crippen LogP) is 3.24. The van der Waals surface area contributed by atoms with E-state index in [4.69, 9.17) is 0 Å². The maximum absolute atomic E-state index is 11.9. The second-order valence-electron chi connectivity index (χ2n) is 6.56. The van der Waals surface area contributed by atoms with Crippen LogP contribution in [-0.4, -0.2) is 49.6 Å². The zero-order chi connectivity index (χ0) is 20.6. The molecule has 1 aliphatic heterocycles. The number of nitrogens with zero attached hydrogens (tertiary/aromatic N) is 1. The molecule has 0 saturated carbocycles. The van der Waals surface area contributed by atoms with Crippen molar-refractivity contribution in [1.82, 2.24) is 5.32 Å². The molecule has 1 amide bonds. The molecule has 0 spiro atoms. The van der Waals surface area contributed by atoms with Gasteiger partial charge in [0.1, 0.15) is 5.69 Å². The number of rotatable bonds is 11. The first-order valence-electron chi connectivity index (χ1n) is 9.04. The molecule has 11 heteroatoms. The van der Waals surface area contributed by atoms with Gasteiger partial charge >= 0.3 is 0 Å². The molecule has 0 radical (unpaired) electrons. The number of benzene rings is 1. The van der Waals surface area contributed by atoms with Gasteiger partial charge in [0.05, 0.1) is 9.82 Å². The number of nitro groups is 1. The number of sulfone groups is 1. The van der Waals surface area contributed by atoms with Crippen molar-refractivity contribution in [3.05, 3.63) is 28.3 Å². The van der Waals surface area contributed by atoms with Crippen LogP contribution in [0.5, 0.6) is 0 Å². The summed E-state index contributed by atoms with van der Waals surface area (Å²) in [5.41, 5.74) is -0.0872. The first-order chi connectivity index (χ1) is 13.3. The summed E-state index contributed by atoms with van der Waals surface area (Å²) in [5, 5.41) is 17.6. The van der Waals surface area contributed by atoms with Gasteiger partial charge in [0, 0.05) is 42.8 Å². The van der Waals surface area contributed by atoms with Crippen LogP contribution in [0, 0.1) is 10.1 Å². The molecule has 0 bridgehead atoms. The lowest BCUT2D eigenvalue weighted by atomic mass is 10.1. The number of unbranched alkanes of at least 4 members (excludes halogenated alkanes) is 1. The first kappa shape index (κ1) is 22.8. The van der Waals surface area contributed by atoms with E-state index in [1.54, 1.807) is 0 Å². The van der Waals surface area contributed by atoms with Crippen LogP contribution in [0.15, 0.2) is 23.1 Å². The molecule has 28 heavy (non-hydrogen) atoms. The molecule has 8 nitrogen and oxygen atoms in total. The minimum atomic E-state index is -3.52. The molecule has 1 fully saturated rings. The van der Waals surface area contributed by atoms with Gasteiger partial charge < -0.3 is 10.6 Å². The van der Waals surface area contributed by atoms with Gasteiger partial charge in [-0.25, -0.2) is 8.42 Å². The highest BCUT2D eigenvalue weighted by Gasteiger charge is 2.18. The number of anilines is 1. The van der Waals surface area contributed by atoms with Crippen molar-refractivity contribution in [3.8, 4) is 0 Å². The molecule has 1 unspecified atom stereocenters. The zero-order valence-electron chi connectivity index (χ0n) is 15.7. The van der Waals surface area contributed by atoms with E-state index < -0.39 is 14.8 Å². The highest BCUT2D eigenvalue weighted by molar-refractivity contribution is 8.77. The summed E-state index contributed by atoms with van der Waals surface area (Å²) in [6, 6.07) is 3.73. The number of nitro benzene ring substituents is 1. The van der Waals surface area contributed by atoms with Crippen LogP contribution in [0.25, 0.3) is 0 Å². The van der Waals surface area contributed by atoms with E-state index in [0.29, 0.717) is 19.5 Å². The van der Waals surface area contributed by atoms with E-state index in [0.717, 1.165) is 36.8 Å². The van der Waals surface area contributed by atoms with Gasteiger partial charge in [0.25, 0.3) is 5.69 Å². The van der Waals surface area contributed by atoms with Crippen LogP contribution in [0.4, 0.5) is 11.4 Å². The standard InChI is InChI=1S/C17H25N3O5S3/c1-28(24,25)14-6-7-15(16(12-14)20(22)23)18-9-10-19-17(21)5-3-2-4-13-8-11-26-27-13/h6-7,12-13,18H,2-5,8-11H2,1H3,(H,19,21). The Morgan fingerprint density at radius 3 is 2.75 bits per heavy atom. The van der Waals surface area contributed by atoms with E-state index >= 15 is 0 Å². The van der Waals surface area contributed by atoms with Gasteiger partial charge in [-0.3, -0.25) is 14.9 Å². The number of hydrogen-bond acceptors (Lipinski definition) is 8. The Hall–Kier alpha value is -1.46. The Balaban J connectivity index is 1.70. The van der Waals surface area contributed by atoms with Crippen molar-refractivity contribution in [2.45, 2.75) is 42.2 Å². The van der Waals surface area contributed by atoms with Gasteiger partial charge in [0.2, 0.25) is 5.91 Å². The molecule has 1 atom stereocenters. The average Bonchev–Trinajstić information content (AvgIpc) is 3.15. The quantitative estimate of drug-likeness (QED) is 0.230. The van der Waals surface area contributed by atoms with E-state index in [2.05, 4.69) is 10.6 Å². The number of carbonyl (C=O) groups is 1. The third kappa shape index (κ3) is 7.51. The second kappa shape index (κ2) is 10.9. The van der Waals surface area contributed by atoms with Crippen molar-refractivity contribution >= 4 is 48.7 Å². The topological polar surface area (TPSA) is 118 Å². The Morgan fingerprint density at radius 1 is 1.32 bits per heavy atom. The van der Waals surface area contributed by atoms with Crippen LogP contribution in [0.2, 0.25) is 0 Å². The minimum absolute atomic E-state index is 0.0304. The van der Waals surface area contributed by atoms with Crippen LogP contribution < -0.4 is 10.6 Å². The third-order valence-corrected chi connectivity index (χ3v) is 8.38. The lowest BCUT2D eigenvalue weighted by molar-refractivity contribution is -0.384. The van der Waals surface area contributed by atoms with Crippen molar-refractivity contribution in [2.75, 3.05) is 30.4 Å². The lowest BCUT2D eigenvalue weighted by Gasteiger charge is -2.10. The maximum atomic E-state index is 11.9. The zero-order valence-corrected chi connectivity index (χ0v) is 18.1. The summed E-state index contributed by atoms with van der Waals surface area (Å²) in [7, 11) is 0.349. The summed E-state index contributed by atoms with van der Waals surface area (Å²) in [6.45, 7) is 0.639. The molecule has 1 aliphatic rings. The minimum Gasteiger partial charge on any atom is -0.378 e. The van der Waals surface area contributed by atoms with Crippen LogP contribution in [0.3, 0.4) is 0 Å². The van der Waals surface area contributed by atoms with Crippen molar-refractivity contribution in [3.63, 3.8) is 0 Å². The number of hydrogen-bond donors (Lipinski definition) is 2. The molecular formula is C17H25N3O5S3. The molecule has 1 heterocycles. The van der Waals surface area contributed by atoms with Gasteiger partial charge in [-0.15, -0.1) is 0 Å². The molecule has 1 saturated heterocycles. The number of amides is 1. The third-order valence-electron chi connectivity index (χ3n) is 4.26. The van der Waals surface area contributed by atoms with Crippen LogP contribution in [0.1, 0.15) is 32.1 Å². The fourth-order valence-electron chi connectivity index (χ4n) is 2.75. The van der Waals surface area contributed by atoms with E-state index in [1.165, 1.54) is 24.3 Å². The molecule has 0 aromatic heterocycles. The summed E-state index contributed by atoms with van der Waals surface area (Å²) < 4.78 is 23.1. The van der Waals surface area contributed by atoms with Crippen LogP contribution in [-0.2, 0) is 14.6 Å². The van der Waals surface area contributed by atoms with E-state index in [-0.39, 0.29) is 22.2 Å². The summed E-state index contributed by atoms with van der Waals surface area (Å²) in [5.74, 6) is 1.19. The Labute approximate surface area is 173 Å². The van der Waals surface area contributed by atoms with E-state index in [1.807, 2.05) is 21.6 Å². The second-order valence-corrected chi connectivity index (χ2v) is 11.4. The van der Waals surface area contributed by atoms with E-state index in [9.17, 15) is 23.3 Å². The molecular weight excluding hydrogens is 422 g/mol. The monoisotopic (exact) mass is 447 g/mol. The highest BCUT2D eigenvalue weighted by Crippen LogP contribution is 2.39. The Morgan fingerprint density at radius 2 is 2.11 bits per heavy atom. The number of nitrogens with one attached hydrogen (secondary N) is 2. The van der Waals surface area contributed by atoms with Crippen LogP contribution >= 0.6 is 21.6 Å². The van der Waals surface area contributed by atoms with Crippen molar-refractivity contribution in [2.24, 2.45) is 0 Å². The highest BCUT2D eigenvalue weighted by atomic mass is 33.1. The molecule has 156 valence electrons. The van der Waals surface area contributed by atoms with Gasteiger partial charge in [-0.2, -0.15) is 0 Å². The summed E-state index contributed by atoms with van der Waals surface area (Å²) >= 11 is 0. The Kier molecular flexibility index (Phi) is 8.90. The Bertz CT molecular complexity index is 795. The predicted molar refractivity (Wildman–Crippen MR) is 115 cm³/mol. The SMILES string of the molecule is CS(=O)(=O)c1ccc(NCCNC(=O)CCCCC2CCSS2)c([N+](=O)[O-])c1. The molecule has 0 aliphatic carbocycles. The fourth-order valence-corrected chi connectivity index (χ4v) is 6.42. The first-order valence-corrected chi connectivity index (χ1v) is 13.3. The fraction of sp³-hybridized carbons (Fsp3) is 0.588. The summed E-state index contributed by atoms with van der Waals surface area (Å²) in [6.07, 6.45) is 5.79. The lowest BCUT2D eigenvalue weighted by Crippen LogP contribution is -2.28. The molecule has 2 N–H and O–H groups in total. The molecule has 2 rings (SSSR count). The molecule has 1 aromatic carbocycles. The van der Waals surface area contributed by atoms with Gasteiger partial charge in [-0.1, -0.05) is 28.0 Å².